The Morgan fingerprint density at radius 1 is 1.05 bits per heavy atom. The molecule has 2 saturated heterocycles. The van der Waals surface area contributed by atoms with Gasteiger partial charge in [0.15, 0.2) is 17.1 Å². The highest BCUT2D eigenvalue weighted by atomic mass is 32.2. The Labute approximate surface area is 249 Å². The molecule has 1 amide bonds. The Morgan fingerprint density at radius 2 is 1.86 bits per heavy atom. The maximum atomic E-state index is 12.6. The molecule has 0 aliphatic carbocycles. The largest absolute Gasteiger partial charge is 0.452 e. The molecular formula is C30H37N7O4S. The zero-order valence-electron chi connectivity index (χ0n) is 24.8. The third kappa shape index (κ3) is 5.69. The third-order valence-corrected chi connectivity index (χ3v) is 8.06. The molecule has 0 N–H and O–H groups in total. The lowest BCUT2D eigenvalue weighted by molar-refractivity contribution is -0.0366. The van der Waals surface area contributed by atoms with Gasteiger partial charge in [-0.25, -0.2) is 19.4 Å². The highest BCUT2D eigenvalue weighted by Crippen LogP contribution is 2.39. The highest BCUT2D eigenvalue weighted by molar-refractivity contribution is 7.98. The molecule has 2 aliphatic heterocycles. The van der Waals surface area contributed by atoms with Gasteiger partial charge in [0.05, 0.1) is 28.7 Å². The van der Waals surface area contributed by atoms with Crippen molar-refractivity contribution in [2.45, 2.75) is 63.9 Å². The number of nitrogens with zero attached hydrogens (tertiary/aromatic N) is 7. The van der Waals surface area contributed by atoms with E-state index in [0.29, 0.717) is 42.6 Å². The number of aromatic nitrogens is 5. The molecule has 42 heavy (non-hydrogen) atoms. The van der Waals surface area contributed by atoms with Crippen LogP contribution in [0.2, 0.25) is 0 Å². The number of piperazine rings is 1. The number of hydrogen-bond donors (Lipinski definition) is 0. The van der Waals surface area contributed by atoms with Crippen LogP contribution < -0.4 is 9.64 Å². The number of ether oxygens (including phenoxy) is 3. The summed E-state index contributed by atoms with van der Waals surface area (Å²) in [5, 5.41) is 7.04. The second kappa shape index (κ2) is 11.6. The van der Waals surface area contributed by atoms with Gasteiger partial charge in [-0.15, -0.1) is 0 Å². The predicted octanol–water partition coefficient (Wildman–Crippen LogP) is 5.95. The van der Waals surface area contributed by atoms with Gasteiger partial charge >= 0.3 is 6.09 Å². The number of thioether (sulfide) groups is 1. The van der Waals surface area contributed by atoms with Crippen LogP contribution in [-0.2, 0) is 9.47 Å². The van der Waals surface area contributed by atoms with Gasteiger partial charge in [-0.3, -0.25) is 4.98 Å². The molecule has 5 heterocycles. The summed E-state index contributed by atoms with van der Waals surface area (Å²) >= 11 is 1.48. The van der Waals surface area contributed by atoms with Gasteiger partial charge in [-0.2, -0.15) is 5.10 Å². The average molecular weight is 592 g/mol. The van der Waals surface area contributed by atoms with E-state index in [2.05, 4.69) is 27.1 Å². The minimum Gasteiger partial charge on any atom is -0.452 e. The van der Waals surface area contributed by atoms with E-state index >= 15 is 0 Å². The molecule has 0 spiro atoms. The zero-order valence-corrected chi connectivity index (χ0v) is 25.6. The van der Waals surface area contributed by atoms with Crippen molar-refractivity contribution >= 4 is 45.5 Å². The zero-order chi connectivity index (χ0) is 29.4. The molecule has 1 atom stereocenters. The minimum atomic E-state index is -0.530. The van der Waals surface area contributed by atoms with Crippen LogP contribution in [0.3, 0.4) is 0 Å². The highest BCUT2D eigenvalue weighted by Gasteiger charge is 2.28. The predicted molar refractivity (Wildman–Crippen MR) is 163 cm³/mol. The van der Waals surface area contributed by atoms with Crippen molar-refractivity contribution in [1.82, 2.24) is 29.6 Å². The molecule has 0 saturated carbocycles. The maximum Gasteiger partial charge on any atom is 0.410 e. The summed E-state index contributed by atoms with van der Waals surface area (Å²) in [4.78, 5) is 30.8. The Bertz CT molecular complexity index is 1610. The van der Waals surface area contributed by atoms with Gasteiger partial charge in [0.25, 0.3) is 0 Å². The number of fused-ring (bicyclic) bond motifs is 2. The van der Waals surface area contributed by atoms with E-state index in [1.165, 1.54) is 11.8 Å². The molecule has 0 radical (unpaired) electrons. The quantitative estimate of drug-likeness (QED) is 0.204. The van der Waals surface area contributed by atoms with E-state index in [9.17, 15) is 4.79 Å². The second-order valence-corrected chi connectivity index (χ2v) is 12.5. The van der Waals surface area contributed by atoms with Crippen LogP contribution in [-0.4, -0.2) is 80.4 Å². The summed E-state index contributed by atoms with van der Waals surface area (Å²) in [7, 11) is 0. The molecule has 12 heteroatoms. The summed E-state index contributed by atoms with van der Waals surface area (Å²) in [6, 6.07) is 4.13. The Kier molecular flexibility index (Phi) is 7.84. The lowest BCUT2D eigenvalue weighted by Gasteiger charge is -2.36. The van der Waals surface area contributed by atoms with Gasteiger partial charge in [-0.05, 0) is 64.8 Å². The molecule has 6 rings (SSSR count). The number of benzene rings is 1. The maximum absolute atomic E-state index is 12.6. The standard InChI is InChI=1S/C30H37N7O4S/c1-19-9-10-22-20(17-32-37(22)24-8-6-7-15-39-24)26(19)40-23-18-31-16-21-25(23)33-28(42-5)34-27(21)35-11-13-36(14-12-35)29(38)41-30(2,3)4/h9-10,16-18,24H,6-8,11-15H2,1-5H3. The van der Waals surface area contributed by atoms with Crippen molar-refractivity contribution in [3.05, 3.63) is 36.3 Å². The number of rotatable bonds is 5. The molecule has 222 valence electrons. The van der Waals surface area contributed by atoms with Crippen LogP contribution in [0.5, 0.6) is 11.5 Å². The number of aryl methyl sites for hydroxylation is 1. The molecular weight excluding hydrogens is 554 g/mol. The van der Waals surface area contributed by atoms with Crippen LogP contribution in [0.25, 0.3) is 21.8 Å². The lowest BCUT2D eigenvalue weighted by Crippen LogP contribution is -2.50. The molecule has 4 aromatic rings. The van der Waals surface area contributed by atoms with Crippen LogP contribution >= 0.6 is 11.8 Å². The first-order chi connectivity index (χ1) is 20.2. The van der Waals surface area contributed by atoms with Gasteiger partial charge < -0.3 is 24.0 Å². The molecule has 11 nitrogen and oxygen atoms in total. The van der Waals surface area contributed by atoms with Gasteiger partial charge in [-0.1, -0.05) is 17.8 Å². The van der Waals surface area contributed by atoms with Gasteiger partial charge in [0.1, 0.15) is 22.7 Å². The van der Waals surface area contributed by atoms with Crippen LogP contribution in [0.15, 0.2) is 35.9 Å². The average Bonchev–Trinajstić information content (AvgIpc) is 3.42. The van der Waals surface area contributed by atoms with E-state index < -0.39 is 5.60 Å². The first-order valence-corrected chi connectivity index (χ1v) is 15.6. The molecule has 1 aromatic carbocycles. The number of pyridine rings is 1. The van der Waals surface area contributed by atoms with Crippen LogP contribution in [0.4, 0.5) is 10.6 Å². The molecule has 0 bridgehead atoms. The molecule has 2 fully saturated rings. The van der Waals surface area contributed by atoms with Crippen molar-refractivity contribution in [1.29, 1.82) is 0 Å². The number of amides is 1. The van der Waals surface area contributed by atoms with Gasteiger partial charge in [0, 0.05) is 39.0 Å². The van der Waals surface area contributed by atoms with Crippen molar-refractivity contribution in [3.8, 4) is 11.5 Å². The van der Waals surface area contributed by atoms with E-state index in [0.717, 1.165) is 59.3 Å². The van der Waals surface area contributed by atoms with E-state index in [1.807, 2.05) is 44.8 Å². The van der Waals surface area contributed by atoms with Crippen molar-refractivity contribution in [2.24, 2.45) is 0 Å². The third-order valence-electron chi connectivity index (χ3n) is 7.52. The monoisotopic (exact) mass is 591 g/mol. The van der Waals surface area contributed by atoms with Crippen LogP contribution in [0.1, 0.15) is 51.8 Å². The summed E-state index contributed by atoms with van der Waals surface area (Å²) < 4.78 is 20.2. The fourth-order valence-electron chi connectivity index (χ4n) is 5.42. The minimum absolute atomic E-state index is 0.0683. The van der Waals surface area contributed by atoms with Crippen molar-refractivity contribution in [2.75, 3.05) is 43.9 Å². The SMILES string of the molecule is CSc1nc(N2CCN(C(=O)OC(C)(C)C)CC2)c2cncc(Oc3c(C)ccc4c3cnn4C3CCCCO3)c2n1. The van der Waals surface area contributed by atoms with Crippen LogP contribution in [0, 0.1) is 6.92 Å². The number of carbonyl (C=O) groups excluding carboxylic acids is 1. The fourth-order valence-corrected chi connectivity index (χ4v) is 5.78. The summed E-state index contributed by atoms with van der Waals surface area (Å²) in [5.74, 6) is 2.06. The lowest BCUT2D eigenvalue weighted by atomic mass is 10.1. The normalized spacial score (nSPS) is 18.1. The summed E-state index contributed by atoms with van der Waals surface area (Å²) in [5.41, 5.74) is 2.12. The Balaban J connectivity index is 1.32. The molecule has 1 unspecified atom stereocenters. The van der Waals surface area contributed by atoms with E-state index in [1.54, 1.807) is 17.3 Å². The second-order valence-electron chi connectivity index (χ2n) is 11.7. The number of anilines is 1. The fraction of sp³-hybridized carbons (Fsp3) is 0.500. The summed E-state index contributed by atoms with van der Waals surface area (Å²) in [6.45, 7) is 10.7. The smallest absolute Gasteiger partial charge is 0.410 e. The first-order valence-electron chi connectivity index (χ1n) is 14.4. The summed E-state index contributed by atoms with van der Waals surface area (Å²) in [6.07, 6.45) is 10.1. The number of hydrogen-bond acceptors (Lipinski definition) is 10. The number of carbonyl (C=O) groups is 1. The van der Waals surface area contributed by atoms with Crippen molar-refractivity contribution < 1.29 is 19.0 Å². The Hall–Kier alpha value is -3.64. The molecule has 3 aromatic heterocycles. The van der Waals surface area contributed by atoms with E-state index in [-0.39, 0.29) is 12.3 Å². The molecule has 2 aliphatic rings. The van der Waals surface area contributed by atoms with Gasteiger partial charge in [0.2, 0.25) is 0 Å². The first kappa shape index (κ1) is 28.5. The topological polar surface area (TPSA) is 108 Å². The van der Waals surface area contributed by atoms with E-state index in [4.69, 9.17) is 24.2 Å². The Morgan fingerprint density at radius 3 is 2.57 bits per heavy atom. The van der Waals surface area contributed by atoms with Crippen molar-refractivity contribution in [3.63, 3.8) is 0 Å².